The summed E-state index contributed by atoms with van der Waals surface area (Å²) in [6, 6.07) is 8.89. The van der Waals surface area contributed by atoms with Crippen molar-refractivity contribution >= 4 is 28.2 Å². The molecule has 35 heavy (non-hydrogen) atoms. The minimum atomic E-state index is -0.397. The maximum atomic E-state index is 13.2. The number of phenols is 1. The van der Waals surface area contributed by atoms with Gasteiger partial charge in [-0.25, -0.2) is 0 Å². The van der Waals surface area contributed by atoms with Gasteiger partial charge in [0.25, 0.3) is 11.8 Å². The third kappa shape index (κ3) is 4.59. The molecule has 5 rings (SSSR count). The molecule has 8 nitrogen and oxygen atoms in total. The van der Waals surface area contributed by atoms with Crippen molar-refractivity contribution < 1.29 is 19.1 Å². The molecule has 9 heteroatoms. The molecular weight excluding hydrogens is 464 g/mol. The molecule has 0 unspecified atom stereocenters. The van der Waals surface area contributed by atoms with Gasteiger partial charge in [-0.2, -0.15) is 5.10 Å². The third-order valence-corrected chi connectivity index (χ3v) is 7.38. The molecule has 1 aliphatic rings. The molecular formula is C26H26N4O4S. The second-order valence-corrected chi connectivity index (χ2v) is 9.88. The summed E-state index contributed by atoms with van der Waals surface area (Å²) >= 11 is 1.46. The lowest BCUT2D eigenvalue weighted by Gasteiger charge is -2.13. The van der Waals surface area contributed by atoms with Gasteiger partial charge in [-0.05, 0) is 80.5 Å². The van der Waals surface area contributed by atoms with Crippen LogP contribution < -0.4 is 10.6 Å². The number of aromatic amines is 1. The van der Waals surface area contributed by atoms with Crippen LogP contribution in [0.25, 0.3) is 11.3 Å². The number of fused-ring (bicyclic) bond motifs is 1. The van der Waals surface area contributed by atoms with Gasteiger partial charge in [0.05, 0.1) is 24.1 Å². The number of carbonyl (C=O) groups is 2. The van der Waals surface area contributed by atoms with E-state index >= 15 is 0 Å². The zero-order valence-corrected chi connectivity index (χ0v) is 20.3. The Hall–Kier alpha value is -3.85. The standard InChI is InChI=1S/C26H26N4O4S/c1-14-10-15(2)23(31)18(11-14)19-12-20(30-29-19)24(32)28-26-22(17-7-3-4-8-21(17)35-26)25(33)27-13-16-6-5-9-34-16/h5-6,9-12,31H,3-4,7-8,13H2,1-2H3,(H,27,33)(H,28,32)(H,29,30). The molecule has 1 aliphatic carbocycles. The number of hydrogen-bond donors (Lipinski definition) is 4. The summed E-state index contributed by atoms with van der Waals surface area (Å²) in [7, 11) is 0. The molecule has 3 heterocycles. The molecule has 2 amide bonds. The number of nitrogens with one attached hydrogen (secondary N) is 3. The van der Waals surface area contributed by atoms with Crippen molar-refractivity contribution in [1.29, 1.82) is 0 Å². The van der Waals surface area contributed by atoms with Gasteiger partial charge in [-0.15, -0.1) is 11.3 Å². The zero-order valence-electron chi connectivity index (χ0n) is 19.5. The molecule has 0 aliphatic heterocycles. The lowest BCUT2D eigenvalue weighted by Crippen LogP contribution is -2.25. The molecule has 0 bridgehead atoms. The number of nitrogens with zero attached hydrogens (tertiary/aromatic N) is 1. The van der Waals surface area contributed by atoms with Gasteiger partial charge in [0.1, 0.15) is 22.2 Å². The van der Waals surface area contributed by atoms with E-state index in [1.165, 1.54) is 11.3 Å². The Bertz CT molecular complexity index is 1400. The molecule has 0 fully saturated rings. The molecule has 0 saturated carbocycles. The highest BCUT2D eigenvalue weighted by Crippen LogP contribution is 2.38. The number of amides is 2. The van der Waals surface area contributed by atoms with Crippen LogP contribution in [-0.4, -0.2) is 27.1 Å². The second-order valence-electron chi connectivity index (χ2n) is 8.78. The van der Waals surface area contributed by atoms with E-state index < -0.39 is 5.91 Å². The quantitative estimate of drug-likeness (QED) is 0.299. The van der Waals surface area contributed by atoms with E-state index in [9.17, 15) is 14.7 Å². The Kier molecular flexibility index (Phi) is 6.17. The first-order chi connectivity index (χ1) is 16.9. The molecule has 0 radical (unpaired) electrons. The number of aryl methyl sites for hydroxylation is 3. The summed E-state index contributed by atoms with van der Waals surface area (Å²) in [5.41, 5.74) is 4.54. The number of furan rings is 1. The molecule has 4 aromatic rings. The zero-order chi connectivity index (χ0) is 24.5. The Balaban J connectivity index is 1.40. The fourth-order valence-corrected chi connectivity index (χ4v) is 5.75. The van der Waals surface area contributed by atoms with E-state index in [4.69, 9.17) is 4.42 Å². The molecule has 180 valence electrons. The number of hydrogen-bond acceptors (Lipinski definition) is 6. The van der Waals surface area contributed by atoms with E-state index in [-0.39, 0.29) is 23.9 Å². The Morgan fingerprint density at radius 1 is 1.17 bits per heavy atom. The van der Waals surface area contributed by atoms with Gasteiger partial charge in [0.2, 0.25) is 0 Å². The average molecular weight is 491 g/mol. The molecule has 4 N–H and O–H groups in total. The maximum absolute atomic E-state index is 13.2. The third-order valence-electron chi connectivity index (χ3n) is 6.17. The smallest absolute Gasteiger partial charge is 0.274 e. The first-order valence-electron chi connectivity index (χ1n) is 11.5. The maximum Gasteiger partial charge on any atom is 0.274 e. The number of benzene rings is 1. The molecule has 0 atom stereocenters. The van der Waals surface area contributed by atoms with Gasteiger partial charge in [-0.3, -0.25) is 14.7 Å². The topological polar surface area (TPSA) is 120 Å². The number of H-pyrrole nitrogens is 1. The van der Waals surface area contributed by atoms with Crippen LogP contribution in [0.3, 0.4) is 0 Å². The van der Waals surface area contributed by atoms with Crippen LogP contribution in [0.15, 0.2) is 41.0 Å². The van der Waals surface area contributed by atoms with Crippen LogP contribution in [0.1, 0.15) is 61.0 Å². The SMILES string of the molecule is Cc1cc(C)c(O)c(-c2cc(C(=O)Nc3sc4c(c3C(=O)NCc3ccco3)CCCC4)[nH]n2)c1. The lowest BCUT2D eigenvalue weighted by molar-refractivity contribution is 0.0948. The second kappa shape index (κ2) is 9.42. The Morgan fingerprint density at radius 3 is 2.80 bits per heavy atom. The summed E-state index contributed by atoms with van der Waals surface area (Å²) in [5.74, 6) is 0.163. The number of carbonyl (C=O) groups excluding carboxylic acids is 2. The number of anilines is 1. The van der Waals surface area contributed by atoms with E-state index in [1.807, 2.05) is 26.0 Å². The summed E-state index contributed by atoms with van der Waals surface area (Å²) < 4.78 is 5.32. The fraction of sp³-hybridized carbons (Fsp3) is 0.269. The number of aromatic nitrogens is 2. The van der Waals surface area contributed by atoms with Crippen molar-refractivity contribution in [2.45, 2.75) is 46.1 Å². The highest BCUT2D eigenvalue weighted by molar-refractivity contribution is 7.17. The number of aromatic hydroxyl groups is 1. The molecule has 3 aromatic heterocycles. The van der Waals surface area contributed by atoms with Gasteiger partial charge in [0, 0.05) is 10.4 Å². The predicted molar refractivity (Wildman–Crippen MR) is 134 cm³/mol. The Morgan fingerprint density at radius 2 is 2.00 bits per heavy atom. The van der Waals surface area contributed by atoms with Crippen molar-refractivity contribution in [1.82, 2.24) is 15.5 Å². The fourth-order valence-electron chi connectivity index (χ4n) is 4.46. The van der Waals surface area contributed by atoms with Crippen LogP contribution in [0, 0.1) is 13.8 Å². The normalized spacial score (nSPS) is 12.9. The highest BCUT2D eigenvalue weighted by atomic mass is 32.1. The minimum absolute atomic E-state index is 0.135. The van der Waals surface area contributed by atoms with Crippen LogP contribution in [0.5, 0.6) is 5.75 Å². The number of rotatable bonds is 6. The number of phenolic OH excluding ortho intramolecular Hbond substituents is 1. The Labute approximate surface area is 206 Å². The largest absolute Gasteiger partial charge is 0.507 e. The molecule has 1 aromatic carbocycles. The first kappa shape index (κ1) is 22.9. The van der Waals surface area contributed by atoms with Crippen LogP contribution in [-0.2, 0) is 19.4 Å². The van der Waals surface area contributed by atoms with Crippen molar-refractivity contribution in [2.75, 3.05) is 5.32 Å². The van der Waals surface area contributed by atoms with Crippen molar-refractivity contribution in [3.63, 3.8) is 0 Å². The molecule has 0 spiro atoms. The van der Waals surface area contributed by atoms with E-state index in [0.29, 0.717) is 27.6 Å². The van der Waals surface area contributed by atoms with Crippen molar-refractivity contribution in [2.24, 2.45) is 0 Å². The van der Waals surface area contributed by atoms with Crippen LogP contribution in [0.4, 0.5) is 5.00 Å². The van der Waals surface area contributed by atoms with E-state index in [1.54, 1.807) is 24.5 Å². The van der Waals surface area contributed by atoms with Gasteiger partial charge >= 0.3 is 0 Å². The highest BCUT2D eigenvalue weighted by Gasteiger charge is 2.27. The van der Waals surface area contributed by atoms with Crippen molar-refractivity contribution in [3.8, 4) is 17.0 Å². The lowest BCUT2D eigenvalue weighted by atomic mass is 9.95. The van der Waals surface area contributed by atoms with Gasteiger partial charge < -0.3 is 20.2 Å². The monoisotopic (exact) mass is 490 g/mol. The van der Waals surface area contributed by atoms with E-state index in [0.717, 1.165) is 47.3 Å². The minimum Gasteiger partial charge on any atom is -0.507 e. The van der Waals surface area contributed by atoms with Gasteiger partial charge in [-0.1, -0.05) is 6.07 Å². The summed E-state index contributed by atoms with van der Waals surface area (Å²) in [5, 5.41) is 23.8. The predicted octanol–water partition coefficient (Wildman–Crippen LogP) is 5.11. The average Bonchev–Trinajstić information content (AvgIpc) is 3.59. The number of thiophene rings is 1. The summed E-state index contributed by atoms with van der Waals surface area (Å²) in [4.78, 5) is 27.4. The van der Waals surface area contributed by atoms with E-state index in [2.05, 4.69) is 20.8 Å². The summed E-state index contributed by atoms with van der Waals surface area (Å²) in [6.45, 7) is 4.03. The van der Waals surface area contributed by atoms with Crippen LogP contribution >= 0.6 is 11.3 Å². The van der Waals surface area contributed by atoms with Crippen LogP contribution in [0.2, 0.25) is 0 Å². The first-order valence-corrected chi connectivity index (χ1v) is 12.3. The van der Waals surface area contributed by atoms with Gasteiger partial charge in [0.15, 0.2) is 0 Å². The van der Waals surface area contributed by atoms with Crippen molar-refractivity contribution in [3.05, 3.63) is 75.2 Å². The summed E-state index contributed by atoms with van der Waals surface area (Å²) in [6.07, 6.45) is 5.35. The molecule has 0 saturated heterocycles.